The van der Waals surface area contributed by atoms with Crippen LogP contribution < -0.4 is 0 Å². The van der Waals surface area contributed by atoms with Crippen LogP contribution in [0.3, 0.4) is 0 Å². The van der Waals surface area contributed by atoms with Gasteiger partial charge in [-0.25, -0.2) is 9.97 Å². The minimum absolute atomic E-state index is 0.963. The van der Waals surface area contributed by atoms with Crippen molar-refractivity contribution in [3.63, 3.8) is 0 Å². The number of para-hydroxylation sites is 1. The second-order valence-electron chi connectivity index (χ2n) is 6.90. The van der Waals surface area contributed by atoms with Crippen molar-refractivity contribution in [1.82, 2.24) is 15.0 Å². The van der Waals surface area contributed by atoms with Crippen molar-refractivity contribution >= 4 is 32.7 Å². The molecule has 0 bridgehead atoms. The summed E-state index contributed by atoms with van der Waals surface area (Å²) in [5.41, 5.74) is 7.53. The highest BCUT2D eigenvalue weighted by molar-refractivity contribution is 6.07. The predicted molar refractivity (Wildman–Crippen MR) is 105 cm³/mol. The minimum atomic E-state index is 0.963. The van der Waals surface area contributed by atoms with Gasteiger partial charge in [0.25, 0.3) is 0 Å². The maximum Gasteiger partial charge on any atom is 0.0973 e. The molecule has 0 spiro atoms. The maximum absolute atomic E-state index is 5.07. The number of aromatic nitrogens is 3. The first-order chi connectivity index (χ1) is 12.9. The molecular weight excluding hydrogens is 318 g/mol. The summed E-state index contributed by atoms with van der Waals surface area (Å²) in [5, 5.41) is 3.43. The third-order valence-electron chi connectivity index (χ3n) is 5.33. The number of aryl methyl sites for hydroxylation is 2. The van der Waals surface area contributed by atoms with E-state index in [1.165, 1.54) is 11.1 Å². The van der Waals surface area contributed by atoms with E-state index in [9.17, 15) is 0 Å². The predicted octanol–water partition coefficient (Wildman–Crippen LogP) is 5.10. The Bertz CT molecular complexity index is 1340. The average Bonchev–Trinajstić information content (AvgIpc) is 2.71. The number of fused-ring (bicyclic) bond motifs is 7. The van der Waals surface area contributed by atoms with Gasteiger partial charge in [0.1, 0.15) is 0 Å². The van der Waals surface area contributed by atoms with E-state index in [2.05, 4.69) is 47.4 Å². The average molecular weight is 333 g/mol. The fourth-order valence-electron chi connectivity index (χ4n) is 4.04. The van der Waals surface area contributed by atoms with Crippen LogP contribution in [0.25, 0.3) is 44.1 Å². The lowest BCUT2D eigenvalue weighted by atomic mass is 9.91. The van der Waals surface area contributed by atoms with Gasteiger partial charge in [-0.3, -0.25) is 4.98 Å². The van der Waals surface area contributed by atoms with E-state index in [1.54, 1.807) is 0 Å². The Labute approximate surface area is 150 Å². The molecule has 0 unspecified atom stereocenters. The molecule has 5 aromatic rings. The summed E-state index contributed by atoms with van der Waals surface area (Å²) in [4.78, 5) is 14.6. The van der Waals surface area contributed by atoms with Gasteiger partial charge < -0.3 is 0 Å². The summed E-state index contributed by atoms with van der Waals surface area (Å²) in [6.07, 6.45) is 3.90. The van der Waals surface area contributed by atoms with Crippen molar-refractivity contribution < 1.29 is 0 Å². The highest BCUT2D eigenvalue weighted by atomic mass is 14.8. The van der Waals surface area contributed by atoms with E-state index >= 15 is 0 Å². The highest BCUT2D eigenvalue weighted by Crippen LogP contribution is 2.34. The lowest BCUT2D eigenvalue weighted by Crippen LogP contribution is -2.07. The van der Waals surface area contributed by atoms with Crippen molar-refractivity contribution in [3.8, 4) is 11.4 Å². The lowest BCUT2D eigenvalue weighted by Gasteiger charge is -2.18. The van der Waals surface area contributed by atoms with Crippen LogP contribution in [0.15, 0.2) is 66.9 Å². The minimum Gasteiger partial charge on any atom is -0.254 e. The number of benzene rings is 2. The molecule has 0 aliphatic heterocycles. The smallest absolute Gasteiger partial charge is 0.0973 e. The van der Waals surface area contributed by atoms with E-state index in [-0.39, 0.29) is 0 Å². The normalized spacial score (nSPS) is 13.1. The van der Waals surface area contributed by atoms with Gasteiger partial charge in [0, 0.05) is 22.4 Å². The Morgan fingerprint density at radius 1 is 0.615 bits per heavy atom. The molecule has 1 aliphatic rings. The highest BCUT2D eigenvalue weighted by Gasteiger charge is 2.20. The summed E-state index contributed by atoms with van der Waals surface area (Å²) in [6.45, 7) is 0. The van der Waals surface area contributed by atoms with Gasteiger partial charge in [-0.05, 0) is 48.2 Å². The van der Waals surface area contributed by atoms with Gasteiger partial charge in [-0.2, -0.15) is 0 Å². The summed E-state index contributed by atoms with van der Waals surface area (Å²) < 4.78 is 0. The topological polar surface area (TPSA) is 38.7 Å². The fraction of sp³-hybridized carbons (Fsp3) is 0.0870. The second kappa shape index (κ2) is 5.09. The zero-order valence-corrected chi connectivity index (χ0v) is 14.1. The first-order valence-electron chi connectivity index (χ1n) is 8.93. The van der Waals surface area contributed by atoms with Crippen LogP contribution in [-0.4, -0.2) is 15.0 Å². The van der Waals surface area contributed by atoms with Crippen LogP contribution in [-0.2, 0) is 12.8 Å². The van der Waals surface area contributed by atoms with Gasteiger partial charge in [0.15, 0.2) is 0 Å². The first-order valence-corrected chi connectivity index (χ1v) is 8.93. The third kappa shape index (κ3) is 1.91. The Morgan fingerprint density at radius 2 is 1.42 bits per heavy atom. The molecule has 3 aromatic heterocycles. The quantitative estimate of drug-likeness (QED) is 0.292. The van der Waals surface area contributed by atoms with Crippen LogP contribution >= 0.6 is 0 Å². The van der Waals surface area contributed by atoms with Crippen LogP contribution in [0, 0.1) is 0 Å². The van der Waals surface area contributed by atoms with E-state index < -0.39 is 0 Å². The molecule has 122 valence electrons. The molecule has 1 aliphatic carbocycles. The second-order valence-corrected chi connectivity index (χ2v) is 6.90. The lowest BCUT2D eigenvalue weighted by molar-refractivity contribution is 0.918. The fourth-order valence-corrected chi connectivity index (χ4v) is 4.04. The van der Waals surface area contributed by atoms with Crippen molar-refractivity contribution in [2.45, 2.75) is 12.8 Å². The van der Waals surface area contributed by atoms with Gasteiger partial charge in [-0.15, -0.1) is 0 Å². The SMILES string of the molecule is c1cnc2c(c1)CCc1cc3ccc4cc5ccccc5nc4c3nc1-2. The van der Waals surface area contributed by atoms with Gasteiger partial charge >= 0.3 is 0 Å². The Morgan fingerprint density at radius 3 is 2.38 bits per heavy atom. The van der Waals surface area contributed by atoms with Gasteiger partial charge in [0.05, 0.1) is 27.9 Å². The number of rotatable bonds is 0. The van der Waals surface area contributed by atoms with E-state index in [0.717, 1.165) is 56.9 Å². The summed E-state index contributed by atoms with van der Waals surface area (Å²) in [5.74, 6) is 0. The molecule has 0 radical (unpaired) electrons. The zero-order valence-electron chi connectivity index (χ0n) is 14.1. The molecule has 0 N–H and O–H groups in total. The van der Waals surface area contributed by atoms with Crippen LogP contribution in [0.2, 0.25) is 0 Å². The van der Waals surface area contributed by atoms with Gasteiger partial charge in [-0.1, -0.05) is 36.4 Å². The van der Waals surface area contributed by atoms with Gasteiger partial charge in [0.2, 0.25) is 0 Å². The van der Waals surface area contributed by atoms with E-state index in [1.807, 2.05) is 24.4 Å². The molecule has 0 amide bonds. The van der Waals surface area contributed by atoms with Crippen LogP contribution in [0.5, 0.6) is 0 Å². The monoisotopic (exact) mass is 333 g/mol. The largest absolute Gasteiger partial charge is 0.254 e. The van der Waals surface area contributed by atoms with Crippen LogP contribution in [0.4, 0.5) is 0 Å². The van der Waals surface area contributed by atoms with Crippen molar-refractivity contribution in [1.29, 1.82) is 0 Å². The number of hydrogen-bond donors (Lipinski definition) is 0. The molecule has 3 heteroatoms. The summed E-state index contributed by atoms with van der Waals surface area (Å²) in [7, 11) is 0. The van der Waals surface area contributed by atoms with Crippen molar-refractivity contribution in [2.24, 2.45) is 0 Å². The van der Waals surface area contributed by atoms with Crippen LogP contribution in [0.1, 0.15) is 11.1 Å². The number of nitrogens with zero attached hydrogens (tertiary/aromatic N) is 3. The summed E-state index contributed by atoms with van der Waals surface area (Å²) in [6, 6.07) is 21.2. The number of pyridine rings is 3. The number of hydrogen-bond acceptors (Lipinski definition) is 3. The molecule has 0 saturated heterocycles. The molecule has 0 atom stereocenters. The molecule has 0 fully saturated rings. The molecule has 3 heterocycles. The maximum atomic E-state index is 5.07. The molecule has 2 aromatic carbocycles. The molecule has 3 nitrogen and oxygen atoms in total. The molecule has 6 rings (SSSR count). The first kappa shape index (κ1) is 13.9. The molecule has 0 saturated carbocycles. The van der Waals surface area contributed by atoms with Crippen molar-refractivity contribution in [2.75, 3.05) is 0 Å². The molecular formula is C23H15N3. The third-order valence-corrected chi connectivity index (χ3v) is 5.33. The standard InChI is InChI=1S/C23H15N3/c1-2-6-19-15(4-1)12-16-9-10-18-13-17-8-7-14-5-3-11-24-20(14)21(17)26-23(18)22(16)25-19/h1-6,9-13H,7-8H2. The van der Waals surface area contributed by atoms with E-state index in [4.69, 9.17) is 9.97 Å². The van der Waals surface area contributed by atoms with Crippen molar-refractivity contribution in [3.05, 3.63) is 78.0 Å². The summed E-state index contributed by atoms with van der Waals surface area (Å²) >= 11 is 0. The Kier molecular flexibility index (Phi) is 2.72. The molecule has 26 heavy (non-hydrogen) atoms. The zero-order chi connectivity index (χ0) is 17.1. The Hall–Kier alpha value is -3.33. The van der Waals surface area contributed by atoms with E-state index in [0.29, 0.717) is 0 Å². The Balaban J connectivity index is 1.73.